The van der Waals surface area contributed by atoms with Gasteiger partial charge in [-0.05, 0) is 44.9 Å². The van der Waals surface area contributed by atoms with E-state index in [1.165, 1.54) is 12.5 Å². The fourth-order valence-corrected chi connectivity index (χ4v) is 5.54. The van der Waals surface area contributed by atoms with E-state index >= 15 is 0 Å². The molecule has 0 aliphatic carbocycles. The SMILES string of the molecule is CCCN1CCC(NC(=NCCNS(=O)(=O)c2ccc(Cl)s2)NCC)CC1. The lowest BCUT2D eigenvalue weighted by atomic mass is 10.1. The van der Waals surface area contributed by atoms with Crippen LogP contribution < -0.4 is 15.4 Å². The summed E-state index contributed by atoms with van der Waals surface area (Å²) < 4.78 is 27.6. The van der Waals surface area contributed by atoms with Gasteiger partial charge in [-0.1, -0.05) is 18.5 Å². The van der Waals surface area contributed by atoms with E-state index in [4.69, 9.17) is 11.6 Å². The molecule has 3 N–H and O–H groups in total. The fraction of sp³-hybridized carbons (Fsp3) is 0.706. The van der Waals surface area contributed by atoms with Crippen molar-refractivity contribution in [2.45, 2.75) is 43.4 Å². The van der Waals surface area contributed by atoms with Crippen molar-refractivity contribution in [2.24, 2.45) is 4.99 Å². The molecule has 7 nitrogen and oxygen atoms in total. The van der Waals surface area contributed by atoms with Crippen molar-refractivity contribution in [3.05, 3.63) is 16.5 Å². The first-order chi connectivity index (χ1) is 12.9. The van der Waals surface area contributed by atoms with Gasteiger partial charge in [-0.25, -0.2) is 13.1 Å². The van der Waals surface area contributed by atoms with Crippen molar-refractivity contribution in [1.82, 2.24) is 20.3 Å². The number of hydrogen-bond acceptors (Lipinski definition) is 5. The Morgan fingerprint density at radius 3 is 2.67 bits per heavy atom. The minimum absolute atomic E-state index is 0.223. The smallest absolute Gasteiger partial charge is 0.250 e. The molecule has 0 unspecified atom stereocenters. The van der Waals surface area contributed by atoms with Gasteiger partial charge in [-0.3, -0.25) is 4.99 Å². The van der Waals surface area contributed by atoms with Crippen LogP contribution in [0.25, 0.3) is 0 Å². The van der Waals surface area contributed by atoms with E-state index in [1.54, 1.807) is 6.07 Å². The summed E-state index contributed by atoms with van der Waals surface area (Å²) in [6.07, 6.45) is 3.38. The third-order valence-corrected chi connectivity index (χ3v) is 7.48. The number of guanidine groups is 1. The van der Waals surface area contributed by atoms with Crippen molar-refractivity contribution in [3.63, 3.8) is 0 Å². The van der Waals surface area contributed by atoms with E-state index in [9.17, 15) is 8.42 Å². The van der Waals surface area contributed by atoms with E-state index in [1.807, 2.05) is 6.92 Å². The lowest BCUT2D eigenvalue weighted by Crippen LogP contribution is -2.49. The Bertz CT molecular complexity index is 700. The summed E-state index contributed by atoms with van der Waals surface area (Å²) in [7, 11) is -3.52. The Labute approximate surface area is 171 Å². The largest absolute Gasteiger partial charge is 0.357 e. The van der Waals surface area contributed by atoms with E-state index in [0.29, 0.717) is 16.9 Å². The number of halogens is 1. The number of piperidine rings is 1. The molecule has 1 aromatic heterocycles. The summed E-state index contributed by atoms with van der Waals surface area (Å²) in [6.45, 7) is 8.97. The molecular formula is C17H30ClN5O2S2. The third-order valence-electron chi connectivity index (χ3n) is 4.30. The Kier molecular flexibility index (Phi) is 9.31. The minimum atomic E-state index is -3.52. The molecule has 10 heteroatoms. The number of nitrogens with zero attached hydrogens (tertiary/aromatic N) is 2. The van der Waals surface area contributed by atoms with Crippen molar-refractivity contribution >= 4 is 38.9 Å². The molecule has 2 heterocycles. The molecule has 1 saturated heterocycles. The van der Waals surface area contributed by atoms with Gasteiger partial charge in [0.2, 0.25) is 10.0 Å². The zero-order valence-corrected chi connectivity index (χ0v) is 18.4. The molecule has 0 aromatic carbocycles. The normalized spacial score (nSPS) is 17.2. The number of likely N-dealkylation sites (tertiary alicyclic amines) is 1. The van der Waals surface area contributed by atoms with Crippen molar-refractivity contribution < 1.29 is 8.42 Å². The van der Waals surface area contributed by atoms with Gasteiger partial charge >= 0.3 is 0 Å². The average molecular weight is 436 g/mol. The van der Waals surface area contributed by atoms with Crippen molar-refractivity contribution in [3.8, 4) is 0 Å². The second kappa shape index (κ2) is 11.2. The van der Waals surface area contributed by atoms with E-state index in [2.05, 4.69) is 32.2 Å². The molecular weight excluding hydrogens is 406 g/mol. The van der Waals surface area contributed by atoms with Crippen molar-refractivity contribution in [2.75, 3.05) is 39.3 Å². The summed E-state index contributed by atoms with van der Waals surface area (Å²) in [4.78, 5) is 6.99. The minimum Gasteiger partial charge on any atom is -0.357 e. The molecule has 2 rings (SSSR count). The number of aliphatic imine (C=N–C) groups is 1. The summed E-state index contributed by atoms with van der Waals surface area (Å²) >= 11 is 6.85. The van der Waals surface area contributed by atoms with Gasteiger partial charge in [0, 0.05) is 32.2 Å². The highest BCUT2D eigenvalue weighted by Gasteiger charge is 2.19. The first-order valence-corrected chi connectivity index (χ1v) is 12.1. The molecule has 0 atom stereocenters. The van der Waals surface area contributed by atoms with E-state index in [-0.39, 0.29) is 10.8 Å². The highest BCUT2D eigenvalue weighted by Crippen LogP contribution is 2.25. The Morgan fingerprint density at radius 2 is 2.07 bits per heavy atom. The van der Waals surface area contributed by atoms with Crippen LogP contribution in [0.4, 0.5) is 0 Å². The Morgan fingerprint density at radius 1 is 1.33 bits per heavy atom. The maximum atomic E-state index is 12.2. The number of nitrogens with one attached hydrogen (secondary N) is 3. The number of sulfonamides is 1. The summed E-state index contributed by atoms with van der Waals surface area (Å²) in [5.41, 5.74) is 0. The molecule has 0 radical (unpaired) electrons. The van der Waals surface area contributed by atoms with Gasteiger partial charge in [0.05, 0.1) is 10.9 Å². The Balaban J connectivity index is 1.79. The molecule has 1 aliphatic rings. The predicted molar refractivity (Wildman–Crippen MR) is 113 cm³/mol. The second-order valence-corrected chi connectivity index (χ2v) is 10.2. The van der Waals surface area contributed by atoms with Gasteiger partial charge in [0.25, 0.3) is 0 Å². The lowest BCUT2D eigenvalue weighted by molar-refractivity contribution is 0.206. The quantitative estimate of drug-likeness (QED) is 0.314. The van der Waals surface area contributed by atoms with Gasteiger partial charge < -0.3 is 15.5 Å². The molecule has 1 fully saturated rings. The first-order valence-electron chi connectivity index (χ1n) is 9.46. The molecule has 1 aliphatic heterocycles. The highest BCUT2D eigenvalue weighted by atomic mass is 35.5. The molecule has 154 valence electrons. The maximum absolute atomic E-state index is 12.2. The van der Waals surface area contributed by atoms with Crippen LogP contribution in [0.1, 0.15) is 33.1 Å². The lowest BCUT2D eigenvalue weighted by Gasteiger charge is -2.32. The van der Waals surface area contributed by atoms with Gasteiger partial charge in [0.15, 0.2) is 5.96 Å². The number of rotatable bonds is 9. The van der Waals surface area contributed by atoms with Crippen LogP contribution in [0.5, 0.6) is 0 Å². The van der Waals surface area contributed by atoms with Crippen LogP contribution in [0, 0.1) is 0 Å². The first kappa shape index (κ1) is 22.4. The number of thiophene rings is 1. The third kappa shape index (κ3) is 7.57. The van der Waals surface area contributed by atoms with Crippen LogP contribution in [-0.2, 0) is 10.0 Å². The summed E-state index contributed by atoms with van der Waals surface area (Å²) in [6, 6.07) is 3.49. The van der Waals surface area contributed by atoms with Crippen LogP contribution in [0.15, 0.2) is 21.3 Å². The molecule has 27 heavy (non-hydrogen) atoms. The van der Waals surface area contributed by atoms with Gasteiger partial charge in [0.1, 0.15) is 4.21 Å². The van der Waals surface area contributed by atoms with E-state index in [0.717, 1.165) is 56.3 Å². The summed E-state index contributed by atoms with van der Waals surface area (Å²) in [5.74, 6) is 0.741. The van der Waals surface area contributed by atoms with Gasteiger partial charge in [-0.2, -0.15) is 0 Å². The number of hydrogen-bond donors (Lipinski definition) is 3. The molecule has 0 bridgehead atoms. The van der Waals surface area contributed by atoms with Crippen molar-refractivity contribution in [1.29, 1.82) is 0 Å². The molecule has 0 saturated carbocycles. The predicted octanol–water partition coefficient (Wildman–Crippen LogP) is 2.11. The van der Waals surface area contributed by atoms with Crippen LogP contribution in [0.2, 0.25) is 4.34 Å². The van der Waals surface area contributed by atoms with Gasteiger partial charge in [-0.15, -0.1) is 11.3 Å². The monoisotopic (exact) mass is 435 g/mol. The van der Waals surface area contributed by atoms with Crippen LogP contribution >= 0.6 is 22.9 Å². The summed E-state index contributed by atoms with van der Waals surface area (Å²) in [5, 5.41) is 6.70. The van der Waals surface area contributed by atoms with Crippen LogP contribution in [0.3, 0.4) is 0 Å². The molecule has 1 aromatic rings. The zero-order valence-electron chi connectivity index (χ0n) is 16.0. The second-order valence-electron chi connectivity index (χ2n) is 6.48. The Hall–Kier alpha value is -0.870. The molecule has 0 amide bonds. The van der Waals surface area contributed by atoms with E-state index < -0.39 is 10.0 Å². The average Bonchev–Trinajstić information content (AvgIpc) is 3.08. The highest BCUT2D eigenvalue weighted by molar-refractivity contribution is 7.91. The standard InChI is InChI=1S/C17H30ClN5O2S2/c1-3-11-23-12-7-14(8-13-23)22-17(19-4-2)20-9-10-21-27(24,25)16-6-5-15(18)26-16/h5-6,14,21H,3-4,7-13H2,1-2H3,(H2,19,20,22). The molecule has 0 spiro atoms. The van der Waals surface area contributed by atoms with Crippen LogP contribution in [-0.4, -0.2) is 64.6 Å². The fourth-order valence-electron chi connectivity index (χ4n) is 2.99. The maximum Gasteiger partial charge on any atom is 0.250 e. The zero-order chi connectivity index (χ0) is 19.7. The topological polar surface area (TPSA) is 85.8 Å².